The molecule has 0 bridgehead atoms. The Morgan fingerprint density at radius 1 is 0.385 bits per heavy atom. The first-order valence-corrected chi connectivity index (χ1v) is 22.9. The number of hydrogen-bond acceptors (Lipinski definition) is 5. The summed E-state index contributed by atoms with van der Waals surface area (Å²) in [6.07, 6.45) is 0. The number of rotatable bonds is 6. The van der Waals surface area contributed by atoms with Gasteiger partial charge in [0.25, 0.3) is 0 Å². The van der Waals surface area contributed by atoms with E-state index in [1.54, 1.807) is 11.3 Å². The molecule has 0 atom stereocenters. The average Bonchev–Trinajstić information content (AvgIpc) is 4.01. The zero-order valence-corrected chi connectivity index (χ0v) is 36.5. The van der Waals surface area contributed by atoms with Gasteiger partial charge in [-0.15, -0.1) is 11.3 Å². The van der Waals surface area contributed by atoms with Crippen molar-refractivity contribution >= 4 is 53.4 Å². The van der Waals surface area contributed by atoms with Gasteiger partial charge in [0.1, 0.15) is 11.2 Å². The molecule has 0 saturated heterocycles. The molecule has 306 valence electrons. The first-order chi connectivity index (χ1) is 32.0. The molecule has 0 N–H and O–H groups in total. The first kappa shape index (κ1) is 37.6. The van der Waals surface area contributed by atoms with Crippen molar-refractivity contribution in [3.8, 4) is 78.7 Å². The van der Waals surface area contributed by atoms with Gasteiger partial charge in [-0.2, -0.15) is 0 Å². The minimum atomic E-state index is -0.117. The second-order valence-corrected chi connectivity index (χ2v) is 18.6. The Kier molecular flexibility index (Phi) is 8.39. The van der Waals surface area contributed by atoms with Crippen LogP contribution in [-0.4, -0.2) is 15.0 Å². The van der Waals surface area contributed by atoms with Crippen molar-refractivity contribution in [2.45, 2.75) is 19.3 Å². The lowest BCUT2D eigenvalue weighted by Crippen LogP contribution is -2.16. The molecule has 13 rings (SSSR count). The Hall–Kier alpha value is -7.99. The largest absolute Gasteiger partial charge is 0.456 e. The summed E-state index contributed by atoms with van der Waals surface area (Å²) in [5.74, 6) is 1.84. The Bertz CT molecular complexity index is 3860. The van der Waals surface area contributed by atoms with Gasteiger partial charge in [0.2, 0.25) is 0 Å². The second-order valence-electron chi connectivity index (χ2n) is 17.5. The topological polar surface area (TPSA) is 51.8 Å². The molecule has 0 unspecified atom stereocenters. The Balaban J connectivity index is 0.967. The molecule has 0 aliphatic heterocycles. The van der Waals surface area contributed by atoms with Crippen LogP contribution in [0.3, 0.4) is 0 Å². The third kappa shape index (κ3) is 6.00. The molecule has 3 aromatic heterocycles. The van der Waals surface area contributed by atoms with Gasteiger partial charge in [-0.05, 0) is 92.0 Å². The van der Waals surface area contributed by atoms with Crippen LogP contribution in [0, 0.1) is 0 Å². The van der Waals surface area contributed by atoms with Crippen LogP contribution in [0.5, 0.6) is 0 Å². The summed E-state index contributed by atoms with van der Waals surface area (Å²) in [6.45, 7) is 4.70. The van der Waals surface area contributed by atoms with Crippen LogP contribution in [0.25, 0.3) is 121 Å². The molecule has 0 radical (unpaired) electrons. The van der Waals surface area contributed by atoms with Crippen molar-refractivity contribution < 1.29 is 4.42 Å². The minimum Gasteiger partial charge on any atom is -0.456 e. The third-order valence-electron chi connectivity index (χ3n) is 13.4. The normalized spacial score (nSPS) is 12.9. The standard InChI is InChI=1S/C60H39N3OS/c1-60(2)50-25-8-6-18-43(50)45-21-11-20-42(55(45)60)41-17-10-16-39(34-41)40-32-33-51-49(35-40)54-47(23-13-26-52(54)64-51)58-61-57(38-30-28-37(29-31-38)36-14-4-3-5-15-36)62-59(63-58)48-24-12-22-46-44-19-7-9-27-53(44)65-56(46)48/h3-35H,1-2H3. The monoisotopic (exact) mass is 849 g/mol. The van der Waals surface area contributed by atoms with Crippen LogP contribution in [0.1, 0.15) is 25.0 Å². The van der Waals surface area contributed by atoms with E-state index in [1.807, 2.05) is 18.2 Å². The molecular formula is C60H39N3OS. The number of thiophene rings is 1. The fourth-order valence-corrected chi connectivity index (χ4v) is 11.5. The van der Waals surface area contributed by atoms with E-state index in [2.05, 4.69) is 196 Å². The van der Waals surface area contributed by atoms with E-state index in [0.717, 1.165) is 65.6 Å². The summed E-state index contributed by atoms with van der Waals surface area (Å²) >= 11 is 1.78. The summed E-state index contributed by atoms with van der Waals surface area (Å²) in [5, 5.41) is 4.42. The van der Waals surface area contributed by atoms with Gasteiger partial charge in [0.05, 0.1) is 0 Å². The van der Waals surface area contributed by atoms with Crippen molar-refractivity contribution in [2.75, 3.05) is 0 Å². The lowest BCUT2D eigenvalue weighted by Gasteiger charge is -2.24. The number of fused-ring (bicyclic) bond motifs is 9. The Labute approximate surface area is 380 Å². The summed E-state index contributed by atoms with van der Waals surface area (Å²) in [5.41, 5.74) is 16.7. The van der Waals surface area contributed by atoms with Gasteiger partial charge in [-0.25, -0.2) is 15.0 Å². The summed E-state index contributed by atoms with van der Waals surface area (Å²) in [7, 11) is 0. The van der Waals surface area contributed by atoms with Gasteiger partial charge < -0.3 is 4.42 Å². The maximum Gasteiger partial charge on any atom is 0.165 e. The molecule has 12 aromatic rings. The van der Waals surface area contributed by atoms with E-state index in [9.17, 15) is 0 Å². The molecule has 9 aromatic carbocycles. The lowest BCUT2D eigenvalue weighted by molar-refractivity contribution is 0.662. The van der Waals surface area contributed by atoms with Crippen LogP contribution in [-0.2, 0) is 5.41 Å². The number of furan rings is 1. The minimum absolute atomic E-state index is 0.117. The maximum absolute atomic E-state index is 6.61. The summed E-state index contributed by atoms with van der Waals surface area (Å²) in [4.78, 5) is 15.9. The predicted octanol–water partition coefficient (Wildman–Crippen LogP) is 16.4. The van der Waals surface area contributed by atoms with E-state index in [-0.39, 0.29) is 5.41 Å². The number of nitrogens with zero attached hydrogens (tertiary/aromatic N) is 3. The molecule has 65 heavy (non-hydrogen) atoms. The van der Waals surface area contributed by atoms with Crippen molar-refractivity contribution in [2.24, 2.45) is 0 Å². The molecule has 0 spiro atoms. The number of benzene rings is 9. The predicted molar refractivity (Wildman–Crippen MR) is 270 cm³/mol. The van der Waals surface area contributed by atoms with Crippen LogP contribution in [0.15, 0.2) is 205 Å². The average molecular weight is 850 g/mol. The van der Waals surface area contributed by atoms with Crippen LogP contribution >= 0.6 is 11.3 Å². The van der Waals surface area contributed by atoms with Crippen molar-refractivity contribution in [3.63, 3.8) is 0 Å². The molecule has 1 aliphatic carbocycles. The quantitative estimate of drug-likeness (QED) is 0.167. The molecule has 5 heteroatoms. The fourth-order valence-electron chi connectivity index (χ4n) is 10.3. The first-order valence-electron chi connectivity index (χ1n) is 22.1. The SMILES string of the molecule is CC1(C)c2ccccc2-c2cccc(-c3cccc(-c4ccc5oc6cccc(-c7nc(-c8ccc(-c9ccccc9)cc8)nc(-c8cccc9c8sc8ccccc89)n7)c6c5c4)c3)c21. The lowest BCUT2D eigenvalue weighted by atomic mass is 9.78. The highest BCUT2D eigenvalue weighted by Crippen LogP contribution is 2.52. The van der Waals surface area contributed by atoms with Crippen molar-refractivity contribution in [1.29, 1.82) is 0 Å². The van der Waals surface area contributed by atoms with E-state index < -0.39 is 0 Å². The van der Waals surface area contributed by atoms with E-state index >= 15 is 0 Å². The molecule has 1 aliphatic rings. The molecule has 3 heterocycles. The molecule has 0 saturated carbocycles. The molecule has 4 nitrogen and oxygen atoms in total. The molecule has 0 amide bonds. The fraction of sp³-hybridized carbons (Fsp3) is 0.0500. The zero-order chi connectivity index (χ0) is 43.2. The van der Waals surface area contributed by atoms with Crippen molar-refractivity contribution in [3.05, 3.63) is 211 Å². The number of aromatic nitrogens is 3. The second kappa shape index (κ2) is 14.5. The smallest absolute Gasteiger partial charge is 0.165 e. The molecular weight excluding hydrogens is 811 g/mol. The van der Waals surface area contributed by atoms with Gasteiger partial charge >= 0.3 is 0 Å². The van der Waals surface area contributed by atoms with E-state index in [4.69, 9.17) is 19.4 Å². The van der Waals surface area contributed by atoms with E-state index in [0.29, 0.717) is 17.5 Å². The van der Waals surface area contributed by atoms with Gasteiger partial charge in [-0.3, -0.25) is 0 Å². The Morgan fingerprint density at radius 2 is 0.969 bits per heavy atom. The summed E-state index contributed by atoms with van der Waals surface area (Å²) in [6, 6.07) is 71.3. The van der Waals surface area contributed by atoms with Crippen LogP contribution in [0.2, 0.25) is 0 Å². The van der Waals surface area contributed by atoms with Gasteiger partial charge in [0, 0.05) is 53.1 Å². The van der Waals surface area contributed by atoms with Gasteiger partial charge in [0.15, 0.2) is 17.5 Å². The maximum atomic E-state index is 6.61. The van der Waals surface area contributed by atoms with Crippen LogP contribution < -0.4 is 0 Å². The number of hydrogen-bond donors (Lipinski definition) is 0. The molecule has 0 fully saturated rings. The third-order valence-corrected chi connectivity index (χ3v) is 14.6. The summed E-state index contributed by atoms with van der Waals surface area (Å²) < 4.78 is 9.00. The highest BCUT2D eigenvalue weighted by atomic mass is 32.1. The zero-order valence-electron chi connectivity index (χ0n) is 35.7. The van der Waals surface area contributed by atoms with Crippen LogP contribution in [0.4, 0.5) is 0 Å². The highest BCUT2D eigenvalue weighted by Gasteiger charge is 2.37. The Morgan fingerprint density at radius 3 is 1.86 bits per heavy atom. The van der Waals surface area contributed by atoms with Crippen molar-refractivity contribution in [1.82, 2.24) is 15.0 Å². The van der Waals surface area contributed by atoms with Gasteiger partial charge in [-0.1, -0.05) is 178 Å². The van der Waals surface area contributed by atoms with E-state index in [1.165, 1.54) is 48.9 Å². The highest BCUT2D eigenvalue weighted by molar-refractivity contribution is 7.26.